The SMILES string of the molecule is CN(CCS(C)(=O)=O)C(=O)c1ccc(O)cc1F. The van der Waals surface area contributed by atoms with Crippen LogP contribution < -0.4 is 0 Å². The van der Waals surface area contributed by atoms with Crippen LogP contribution in [0.4, 0.5) is 4.39 Å². The third kappa shape index (κ3) is 3.99. The number of hydrogen-bond acceptors (Lipinski definition) is 4. The molecule has 5 nitrogen and oxygen atoms in total. The minimum Gasteiger partial charge on any atom is -0.508 e. The zero-order valence-corrected chi connectivity index (χ0v) is 10.9. The van der Waals surface area contributed by atoms with Crippen LogP contribution in [0.5, 0.6) is 5.75 Å². The van der Waals surface area contributed by atoms with E-state index in [1.807, 2.05) is 0 Å². The molecule has 0 spiro atoms. The molecule has 0 aromatic heterocycles. The number of sulfone groups is 1. The van der Waals surface area contributed by atoms with Gasteiger partial charge in [0.25, 0.3) is 5.91 Å². The summed E-state index contributed by atoms with van der Waals surface area (Å²) in [5.74, 6) is -1.93. The fourth-order valence-electron chi connectivity index (χ4n) is 1.29. The van der Waals surface area contributed by atoms with E-state index in [1.54, 1.807) is 0 Å². The zero-order chi connectivity index (χ0) is 13.9. The maximum atomic E-state index is 13.4. The number of phenolic OH excluding ortho intramolecular Hbond substituents is 1. The minimum absolute atomic E-state index is 0.0159. The molecule has 100 valence electrons. The van der Waals surface area contributed by atoms with Crippen molar-refractivity contribution in [3.8, 4) is 5.75 Å². The maximum absolute atomic E-state index is 13.4. The number of carbonyl (C=O) groups is 1. The van der Waals surface area contributed by atoms with Crippen molar-refractivity contribution < 1.29 is 22.7 Å². The van der Waals surface area contributed by atoms with Crippen molar-refractivity contribution >= 4 is 15.7 Å². The Kier molecular flexibility index (Phi) is 4.28. The summed E-state index contributed by atoms with van der Waals surface area (Å²) in [6, 6.07) is 3.18. The summed E-state index contributed by atoms with van der Waals surface area (Å²) in [6.45, 7) is -0.0159. The average Bonchev–Trinajstić information content (AvgIpc) is 2.24. The van der Waals surface area contributed by atoms with E-state index < -0.39 is 21.6 Å². The Bertz CT molecular complexity index is 556. The van der Waals surface area contributed by atoms with Gasteiger partial charge in [0.05, 0.1) is 11.3 Å². The molecule has 0 saturated carbocycles. The topological polar surface area (TPSA) is 74.7 Å². The highest BCUT2D eigenvalue weighted by Gasteiger charge is 2.17. The van der Waals surface area contributed by atoms with Crippen molar-refractivity contribution in [3.63, 3.8) is 0 Å². The van der Waals surface area contributed by atoms with Crippen molar-refractivity contribution in [3.05, 3.63) is 29.6 Å². The highest BCUT2D eigenvalue weighted by molar-refractivity contribution is 7.90. The molecule has 0 aliphatic carbocycles. The molecular weight excluding hydrogens is 261 g/mol. The van der Waals surface area contributed by atoms with Crippen LogP contribution in [0.15, 0.2) is 18.2 Å². The summed E-state index contributed by atoms with van der Waals surface area (Å²) in [7, 11) is -1.79. The summed E-state index contributed by atoms with van der Waals surface area (Å²) in [5, 5.41) is 9.02. The van der Waals surface area contributed by atoms with Gasteiger partial charge in [-0.2, -0.15) is 0 Å². The molecule has 0 aliphatic heterocycles. The van der Waals surface area contributed by atoms with E-state index in [-0.39, 0.29) is 23.6 Å². The quantitative estimate of drug-likeness (QED) is 0.875. The number of phenols is 1. The van der Waals surface area contributed by atoms with Gasteiger partial charge in [-0.25, -0.2) is 12.8 Å². The molecule has 0 radical (unpaired) electrons. The molecule has 0 bridgehead atoms. The Balaban J connectivity index is 2.80. The maximum Gasteiger partial charge on any atom is 0.256 e. The highest BCUT2D eigenvalue weighted by Crippen LogP contribution is 2.16. The van der Waals surface area contributed by atoms with E-state index in [9.17, 15) is 17.6 Å². The van der Waals surface area contributed by atoms with Gasteiger partial charge in [0.2, 0.25) is 0 Å². The van der Waals surface area contributed by atoms with E-state index in [1.165, 1.54) is 13.1 Å². The van der Waals surface area contributed by atoms with E-state index >= 15 is 0 Å². The van der Waals surface area contributed by atoms with Crippen LogP contribution in [0, 0.1) is 5.82 Å². The van der Waals surface area contributed by atoms with Crippen molar-refractivity contribution in [1.29, 1.82) is 0 Å². The third-order valence-corrected chi connectivity index (χ3v) is 3.25. The monoisotopic (exact) mass is 275 g/mol. The van der Waals surface area contributed by atoms with Gasteiger partial charge in [0, 0.05) is 25.9 Å². The first kappa shape index (κ1) is 14.4. The minimum atomic E-state index is -3.18. The first-order valence-electron chi connectivity index (χ1n) is 5.12. The first-order chi connectivity index (χ1) is 8.20. The molecule has 0 saturated heterocycles. The van der Waals surface area contributed by atoms with E-state index in [2.05, 4.69) is 0 Å². The lowest BCUT2D eigenvalue weighted by atomic mass is 10.2. The number of nitrogens with zero attached hydrogens (tertiary/aromatic N) is 1. The van der Waals surface area contributed by atoms with Gasteiger partial charge in [0.15, 0.2) is 0 Å². The van der Waals surface area contributed by atoms with Gasteiger partial charge >= 0.3 is 0 Å². The Labute approximate surface area is 105 Å². The summed E-state index contributed by atoms with van der Waals surface area (Å²) < 4.78 is 35.3. The lowest BCUT2D eigenvalue weighted by Crippen LogP contribution is -2.31. The number of carbonyl (C=O) groups excluding carboxylic acids is 1. The molecular formula is C11H14FNO4S. The number of benzene rings is 1. The summed E-state index contributed by atoms with van der Waals surface area (Å²) in [5.41, 5.74) is -0.205. The standard InChI is InChI=1S/C11H14FNO4S/c1-13(5-6-18(2,16)17)11(15)9-4-3-8(14)7-10(9)12/h3-4,7,14H,5-6H2,1-2H3. The van der Waals surface area contributed by atoms with Crippen LogP contribution in [0.25, 0.3) is 0 Å². The highest BCUT2D eigenvalue weighted by atomic mass is 32.2. The van der Waals surface area contributed by atoms with Gasteiger partial charge in [-0.1, -0.05) is 0 Å². The van der Waals surface area contributed by atoms with E-state index in [0.29, 0.717) is 0 Å². The van der Waals surface area contributed by atoms with E-state index in [0.717, 1.165) is 23.3 Å². The Morgan fingerprint density at radius 2 is 2.06 bits per heavy atom. The Hall–Kier alpha value is -1.63. The van der Waals surface area contributed by atoms with Crippen LogP contribution in [0.2, 0.25) is 0 Å². The molecule has 0 atom stereocenters. The summed E-state index contributed by atoms with van der Waals surface area (Å²) in [4.78, 5) is 12.9. The molecule has 1 aromatic carbocycles. The second kappa shape index (κ2) is 5.34. The number of halogens is 1. The van der Waals surface area contributed by atoms with Crippen LogP contribution in [0.3, 0.4) is 0 Å². The zero-order valence-electron chi connectivity index (χ0n) is 10.1. The predicted octanol–water partition coefficient (Wildman–Crippen LogP) is 0.648. The summed E-state index contributed by atoms with van der Waals surface area (Å²) in [6.07, 6.45) is 1.06. The van der Waals surface area contributed by atoms with Gasteiger partial charge in [-0.15, -0.1) is 0 Å². The predicted molar refractivity (Wildman–Crippen MR) is 64.7 cm³/mol. The van der Waals surface area contributed by atoms with Gasteiger partial charge in [0.1, 0.15) is 21.4 Å². The van der Waals surface area contributed by atoms with Crippen LogP contribution >= 0.6 is 0 Å². The molecule has 7 heteroatoms. The molecule has 0 aliphatic rings. The van der Waals surface area contributed by atoms with Crippen molar-refractivity contribution in [2.75, 3.05) is 25.6 Å². The second-order valence-corrected chi connectivity index (χ2v) is 6.28. The van der Waals surface area contributed by atoms with Crippen LogP contribution in [-0.2, 0) is 9.84 Å². The smallest absolute Gasteiger partial charge is 0.256 e. The number of hydrogen-bond donors (Lipinski definition) is 1. The molecule has 1 amide bonds. The lowest BCUT2D eigenvalue weighted by molar-refractivity contribution is 0.0799. The van der Waals surface area contributed by atoms with Crippen LogP contribution in [-0.4, -0.2) is 49.9 Å². The van der Waals surface area contributed by atoms with Gasteiger partial charge < -0.3 is 10.0 Å². The van der Waals surface area contributed by atoms with Gasteiger partial charge in [-0.05, 0) is 12.1 Å². The molecule has 1 N–H and O–H groups in total. The van der Waals surface area contributed by atoms with Crippen molar-refractivity contribution in [2.45, 2.75) is 0 Å². The lowest BCUT2D eigenvalue weighted by Gasteiger charge is -2.16. The Morgan fingerprint density at radius 1 is 1.44 bits per heavy atom. The Morgan fingerprint density at radius 3 is 2.56 bits per heavy atom. The molecule has 0 fully saturated rings. The number of rotatable bonds is 4. The first-order valence-corrected chi connectivity index (χ1v) is 7.18. The molecule has 0 heterocycles. The number of aromatic hydroxyl groups is 1. The summed E-state index contributed by atoms with van der Waals surface area (Å²) >= 11 is 0. The normalized spacial score (nSPS) is 11.3. The fraction of sp³-hybridized carbons (Fsp3) is 0.364. The molecule has 1 aromatic rings. The van der Waals surface area contributed by atoms with Crippen molar-refractivity contribution in [2.24, 2.45) is 0 Å². The molecule has 1 rings (SSSR count). The largest absolute Gasteiger partial charge is 0.508 e. The molecule has 0 unspecified atom stereocenters. The average molecular weight is 275 g/mol. The fourth-order valence-corrected chi connectivity index (χ4v) is 1.89. The van der Waals surface area contributed by atoms with E-state index in [4.69, 9.17) is 5.11 Å². The van der Waals surface area contributed by atoms with Gasteiger partial charge in [-0.3, -0.25) is 4.79 Å². The third-order valence-electron chi connectivity index (χ3n) is 2.33. The van der Waals surface area contributed by atoms with Crippen molar-refractivity contribution in [1.82, 2.24) is 4.90 Å². The second-order valence-electron chi connectivity index (χ2n) is 4.02. The molecule has 18 heavy (non-hydrogen) atoms. The van der Waals surface area contributed by atoms with Crippen LogP contribution in [0.1, 0.15) is 10.4 Å². The number of amides is 1.